The van der Waals surface area contributed by atoms with Gasteiger partial charge in [-0.2, -0.15) is 5.26 Å². The van der Waals surface area contributed by atoms with Gasteiger partial charge in [-0.15, -0.1) is 11.8 Å². The summed E-state index contributed by atoms with van der Waals surface area (Å²) in [6, 6.07) is 18.3. The van der Waals surface area contributed by atoms with Crippen molar-refractivity contribution in [3.8, 4) is 6.07 Å². The Morgan fingerprint density at radius 1 is 1.15 bits per heavy atom. The molecule has 0 radical (unpaired) electrons. The number of hydrogen-bond acceptors (Lipinski definition) is 7. The van der Waals surface area contributed by atoms with Gasteiger partial charge in [0.15, 0.2) is 12.1 Å². The number of benzene rings is 2. The van der Waals surface area contributed by atoms with Crippen LogP contribution in [0.1, 0.15) is 24.2 Å². The van der Waals surface area contributed by atoms with Crippen molar-refractivity contribution >= 4 is 29.5 Å². The number of thioether (sulfide) groups is 1. The predicted molar refractivity (Wildman–Crippen MR) is 120 cm³/mol. The lowest BCUT2D eigenvalue weighted by Gasteiger charge is -2.53. The summed E-state index contributed by atoms with van der Waals surface area (Å²) < 4.78 is 5.87. The minimum atomic E-state index is -1.18. The third-order valence-corrected chi connectivity index (χ3v) is 7.12. The standard InChI is InChI=1S/C24H23N3O5S/c1-14(12-25)21(29)26-18-22(30)27-19(17(28)13-33-23(18)27)24(31)32-20(15-8-4-2-5-9-15)16-10-6-3-7-11-16/h2-11,14,17-20,23,28H,13H2,1H3,(H,26,29)/t14?,17?,18-,19-,23+/m1/s1. The van der Waals surface area contributed by atoms with Crippen molar-refractivity contribution in [1.82, 2.24) is 10.2 Å². The highest BCUT2D eigenvalue weighted by atomic mass is 32.2. The van der Waals surface area contributed by atoms with Gasteiger partial charge in [0.05, 0.1) is 12.2 Å². The van der Waals surface area contributed by atoms with Crippen LogP contribution in [-0.4, -0.2) is 57.1 Å². The van der Waals surface area contributed by atoms with E-state index in [0.29, 0.717) is 0 Å². The molecule has 0 spiro atoms. The van der Waals surface area contributed by atoms with E-state index in [0.717, 1.165) is 11.1 Å². The van der Waals surface area contributed by atoms with Crippen LogP contribution in [-0.2, 0) is 19.1 Å². The van der Waals surface area contributed by atoms with Crippen molar-refractivity contribution in [2.45, 2.75) is 36.6 Å². The summed E-state index contributed by atoms with van der Waals surface area (Å²) in [4.78, 5) is 39.4. The molecule has 4 rings (SSSR count). The van der Waals surface area contributed by atoms with Crippen LogP contribution in [0.4, 0.5) is 0 Å². The maximum atomic E-state index is 13.3. The van der Waals surface area contributed by atoms with Gasteiger partial charge in [-0.25, -0.2) is 4.79 Å². The van der Waals surface area contributed by atoms with E-state index in [2.05, 4.69) is 5.32 Å². The number of carbonyl (C=O) groups is 3. The highest BCUT2D eigenvalue weighted by Gasteiger charge is 2.58. The minimum absolute atomic E-state index is 0.204. The number of nitriles is 1. The Morgan fingerprint density at radius 2 is 1.73 bits per heavy atom. The summed E-state index contributed by atoms with van der Waals surface area (Å²) in [5, 5.41) is 21.6. The van der Waals surface area contributed by atoms with E-state index in [1.165, 1.54) is 23.6 Å². The van der Waals surface area contributed by atoms with Crippen molar-refractivity contribution in [2.24, 2.45) is 5.92 Å². The lowest BCUT2D eigenvalue weighted by molar-refractivity contribution is -0.173. The van der Waals surface area contributed by atoms with Crippen LogP contribution < -0.4 is 5.32 Å². The summed E-state index contributed by atoms with van der Waals surface area (Å²) in [7, 11) is 0. The van der Waals surface area contributed by atoms with Crippen LogP contribution in [0.25, 0.3) is 0 Å². The number of fused-ring (bicyclic) bond motifs is 1. The Bertz CT molecular complexity index is 1040. The molecule has 0 aromatic heterocycles. The van der Waals surface area contributed by atoms with E-state index in [9.17, 15) is 19.5 Å². The van der Waals surface area contributed by atoms with Crippen LogP contribution in [0.3, 0.4) is 0 Å². The molecule has 9 heteroatoms. The molecule has 2 unspecified atom stereocenters. The number of esters is 1. The maximum Gasteiger partial charge on any atom is 0.332 e. The second-order valence-corrected chi connectivity index (χ2v) is 9.11. The van der Waals surface area contributed by atoms with E-state index in [4.69, 9.17) is 10.00 Å². The molecule has 2 fully saturated rings. The zero-order valence-electron chi connectivity index (χ0n) is 17.8. The first-order chi connectivity index (χ1) is 15.9. The minimum Gasteiger partial charge on any atom is -0.451 e. The van der Waals surface area contributed by atoms with Gasteiger partial charge < -0.3 is 20.1 Å². The molecular weight excluding hydrogens is 442 g/mol. The van der Waals surface area contributed by atoms with Crippen molar-refractivity contribution in [1.29, 1.82) is 5.26 Å². The fraction of sp³-hybridized carbons (Fsp3) is 0.333. The third kappa shape index (κ3) is 4.45. The maximum absolute atomic E-state index is 13.3. The lowest BCUT2D eigenvalue weighted by atomic mass is 9.98. The molecule has 2 aliphatic rings. The highest BCUT2D eigenvalue weighted by molar-refractivity contribution is 8.00. The molecule has 2 amide bonds. The summed E-state index contributed by atoms with van der Waals surface area (Å²) in [5.41, 5.74) is 1.53. The number of amides is 2. The molecule has 0 saturated carbocycles. The molecule has 2 aliphatic heterocycles. The zero-order chi connectivity index (χ0) is 23.5. The van der Waals surface area contributed by atoms with E-state index >= 15 is 0 Å². The average molecular weight is 466 g/mol. The second-order valence-electron chi connectivity index (χ2n) is 7.96. The number of nitrogens with one attached hydrogen (secondary N) is 1. The number of carbonyl (C=O) groups excluding carboxylic acids is 3. The number of hydrogen-bond donors (Lipinski definition) is 2. The number of nitrogens with zero attached hydrogens (tertiary/aromatic N) is 2. The first kappa shape index (κ1) is 22.8. The third-order valence-electron chi connectivity index (χ3n) is 5.75. The zero-order valence-corrected chi connectivity index (χ0v) is 18.6. The first-order valence-electron chi connectivity index (χ1n) is 10.5. The number of β-lactam (4-membered cyclic amide) rings is 1. The Morgan fingerprint density at radius 3 is 2.27 bits per heavy atom. The molecular formula is C24H23N3O5S. The molecule has 33 heavy (non-hydrogen) atoms. The van der Waals surface area contributed by atoms with Gasteiger partial charge in [0.2, 0.25) is 11.8 Å². The van der Waals surface area contributed by atoms with Crippen molar-refractivity contribution in [3.63, 3.8) is 0 Å². The molecule has 0 aliphatic carbocycles. The van der Waals surface area contributed by atoms with Gasteiger partial charge in [0, 0.05) is 5.75 Å². The number of ether oxygens (including phenoxy) is 1. The van der Waals surface area contributed by atoms with Gasteiger partial charge in [0.25, 0.3) is 0 Å². The van der Waals surface area contributed by atoms with Crippen molar-refractivity contribution < 1.29 is 24.2 Å². The monoisotopic (exact) mass is 465 g/mol. The molecule has 2 N–H and O–H groups in total. The second kappa shape index (κ2) is 9.65. The quantitative estimate of drug-likeness (QED) is 0.491. The predicted octanol–water partition coefficient (Wildman–Crippen LogP) is 1.61. The van der Waals surface area contributed by atoms with Crippen LogP contribution >= 0.6 is 11.8 Å². The van der Waals surface area contributed by atoms with E-state index in [1.54, 1.807) is 0 Å². The van der Waals surface area contributed by atoms with Crippen molar-refractivity contribution in [3.05, 3.63) is 71.8 Å². The molecule has 8 nitrogen and oxygen atoms in total. The Hall–Kier alpha value is -3.35. The summed E-state index contributed by atoms with van der Waals surface area (Å²) >= 11 is 1.28. The Labute approximate surface area is 195 Å². The topological polar surface area (TPSA) is 120 Å². The molecule has 0 bridgehead atoms. The average Bonchev–Trinajstić information content (AvgIpc) is 2.85. The number of rotatable bonds is 6. The SMILES string of the molecule is CC(C#N)C(=O)N[C@@H]1C(=O)N2[C@@H](C(=O)OC(c3ccccc3)c3ccccc3)C(O)CS[C@@H]12. The summed E-state index contributed by atoms with van der Waals surface area (Å²) in [5.74, 6) is -2.44. The van der Waals surface area contributed by atoms with Gasteiger partial charge in [-0.1, -0.05) is 60.7 Å². The smallest absolute Gasteiger partial charge is 0.332 e. The largest absolute Gasteiger partial charge is 0.451 e. The van der Waals surface area contributed by atoms with Gasteiger partial charge in [-0.05, 0) is 18.1 Å². The fourth-order valence-corrected chi connectivity index (χ4v) is 5.29. The fourth-order valence-electron chi connectivity index (χ4n) is 3.94. The van der Waals surface area contributed by atoms with Gasteiger partial charge in [0.1, 0.15) is 17.3 Å². The first-order valence-corrected chi connectivity index (χ1v) is 11.6. The van der Waals surface area contributed by atoms with Crippen LogP contribution in [0.15, 0.2) is 60.7 Å². The molecule has 170 valence electrons. The van der Waals surface area contributed by atoms with E-state index in [-0.39, 0.29) is 5.75 Å². The van der Waals surface area contributed by atoms with E-state index in [1.807, 2.05) is 66.7 Å². The van der Waals surface area contributed by atoms with E-state index < -0.39 is 53.4 Å². The van der Waals surface area contributed by atoms with Crippen LogP contribution in [0.2, 0.25) is 0 Å². The number of aliphatic hydroxyl groups excluding tert-OH is 1. The van der Waals surface area contributed by atoms with Crippen LogP contribution in [0.5, 0.6) is 0 Å². The van der Waals surface area contributed by atoms with Gasteiger partial charge >= 0.3 is 5.97 Å². The Balaban J connectivity index is 1.54. The van der Waals surface area contributed by atoms with Crippen LogP contribution in [0, 0.1) is 17.2 Å². The molecule has 2 aromatic carbocycles. The van der Waals surface area contributed by atoms with Crippen molar-refractivity contribution in [2.75, 3.05) is 5.75 Å². The normalized spacial score (nSPS) is 24.8. The summed E-state index contributed by atoms with van der Waals surface area (Å²) in [6.07, 6.45) is -1.81. The summed E-state index contributed by atoms with van der Waals surface area (Å²) in [6.45, 7) is 1.45. The Kier molecular flexibility index (Phi) is 6.67. The molecule has 5 atom stereocenters. The lowest BCUT2D eigenvalue weighted by Crippen LogP contribution is -2.77. The molecule has 2 heterocycles. The highest BCUT2D eigenvalue weighted by Crippen LogP contribution is 2.39. The molecule has 2 aromatic rings. The van der Waals surface area contributed by atoms with Gasteiger partial charge in [-0.3, -0.25) is 9.59 Å². The molecule has 2 saturated heterocycles. The number of aliphatic hydroxyl groups is 1.